The molecule has 1 amide bonds. The van der Waals surface area contributed by atoms with E-state index in [1.165, 1.54) is 4.90 Å². The molecule has 0 spiro atoms. The lowest BCUT2D eigenvalue weighted by Crippen LogP contribution is -2.50. The van der Waals surface area contributed by atoms with E-state index in [0.717, 1.165) is 0 Å². The Labute approximate surface area is 123 Å². The van der Waals surface area contributed by atoms with Crippen LogP contribution in [0.15, 0.2) is 24.3 Å². The fourth-order valence-electron chi connectivity index (χ4n) is 2.19. The molecule has 6 heteroatoms. The van der Waals surface area contributed by atoms with Gasteiger partial charge in [-0.2, -0.15) is 0 Å². The van der Waals surface area contributed by atoms with Crippen molar-refractivity contribution in [2.75, 3.05) is 13.6 Å². The predicted octanol–water partition coefficient (Wildman–Crippen LogP) is 1.39. The van der Waals surface area contributed by atoms with Crippen LogP contribution in [0.25, 0.3) is 0 Å². The maximum atomic E-state index is 12.4. The van der Waals surface area contributed by atoms with E-state index in [1.807, 2.05) is 6.07 Å². The molecule has 3 unspecified atom stereocenters. The second-order valence-corrected chi connectivity index (χ2v) is 5.27. The number of ether oxygens (including phenoxy) is 2. The summed E-state index contributed by atoms with van der Waals surface area (Å²) in [5.74, 6) is -0.728. The second kappa shape index (κ2) is 6.03. The van der Waals surface area contributed by atoms with E-state index in [9.17, 15) is 9.59 Å². The average Bonchev–Trinajstić information content (AvgIpc) is 2.45. The number of aliphatic carboxylic acids is 1. The van der Waals surface area contributed by atoms with Gasteiger partial charge in [-0.25, -0.2) is 0 Å². The lowest BCUT2D eigenvalue weighted by Gasteiger charge is -2.33. The Hall–Kier alpha value is -2.24. The number of rotatable bonds is 4. The number of para-hydroxylation sites is 2. The molecule has 3 atom stereocenters. The third-order valence-electron chi connectivity index (χ3n) is 3.43. The molecule has 0 aromatic heterocycles. The van der Waals surface area contributed by atoms with E-state index in [-0.39, 0.29) is 12.5 Å². The highest BCUT2D eigenvalue weighted by Crippen LogP contribution is 2.33. The Morgan fingerprint density at radius 3 is 2.43 bits per heavy atom. The molecule has 1 N–H and O–H groups in total. The number of carboxylic acids is 1. The number of hydrogen-bond acceptors (Lipinski definition) is 4. The molecule has 1 aliphatic heterocycles. The Kier molecular flexibility index (Phi) is 4.35. The van der Waals surface area contributed by atoms with Gasteiger partial charge in [0.05, 0.1) is 5.92 Å². The number of hydrogen-bond donors (Lipinski definition) is 1. The van der Waals surface area contributed by atoms with Crippen molar-refractivity contribution in [2.24, 2.45) is 5.92 Å². The monoisotopic (exact) mass is 293 g/mol. The molecule has 0 saturated carbocycles. The lowest BCUT2D eigenvalue weighted by atomic mass is 10.1. The van der Waals surface area contributed by atoms with Crippen LogP contribution in [-0.2, 0) is 9.59 Å². The van der Waals surface area contributed by atoms with Crippen LogP contribution in [0.4, 0.5) is 0 Å². The molecule has 1 aromatic rings. The van der Waals surface area contributed by atoms with E-state index in [2.05, 4.69) is 0 Å². The Bertz CT molecular complexity index is 545. The lowest BCUT2D eigenvalue weighted by molar-refractivity contribution is -0.146. The van der Waals surface area contributed by atoms with Crippen LogP contribution in [0.3, 0.4) is 0 Å². The topological polar surface area (TPSA) is 76.1 Å². The highest BCUT2D eigenvalue weighted by atomic mass is 16.6. The highest BCUT2D eigenvalue weighted by molar-refractivity contribution is 5.83. The van der Waals surface area contributed by atoms with Gasteiger partial charge >= 0.3 is 5.97 Å². The minimum atomic E-state index is -0.936. The second-order valence-electron chi connectivity index (χ2n) is 5.27. The molecule has 0 fully saturated rings. The van der Waals surface area contributed by atoms with Crippen molar-refractivity contribution < 1.29 is 24.2 Å². The molecule has 1 aliphatic rings. The quantitative estimate of drug-likeness (QED) is 0.908. The molecule has 6 nitrogen and oxygen atoms in total. The van der Waals surface area contributed by atoms with Crippen LogP contribution in [0.5, 0.6) is 11.5 Å². The summed E-state index contributed by atoms with van der Waals surface area (Å²) >= 11 is 0. The van der Waals surface area contributed by atoms with Crippen LogP contribution in [-0.4, -0.2) is 47.7 Å². The molecule has 1 heterocycles. The van der Waals surface area contributed by atoms with Crippen molar-refractivity contribution in [3.05, 3.63) is 24.3 Å². The number of carboxylic acid groups (broad SMARTS) is 1. The largest absolute Gasteiger partial charge is 0.482 e. The summed E-state index contributed by atoms with van der Waals surface area (Å²) in [4.78, 5) is 24.6. The zero-order chi connectivity index (χ0) is 15.6. The summed E-state index contributed by atoms with van der Waals surface area (Å²) in [5, 5.41) is 8.91. The molecule has 0 saturated heterocycles. The predicted molar refractivity (Wildman–Crippen MR) is 75.4 cm³/mol. The minimum absolute atomic E-state index is 0.127. The van der Waals surface area contributed by atoms with Gasteiger partial charge in [-0.15, -0.1) is 0 Å². The summed E-state index contributed by atoms with van der Waals surface area (Å²) in [6, 6.07) is 7.15. The Morgan fingerprint density at radius 2 is 1.86 bits per heavy atom. The summed E-state index contributed by atoms with van der Waals surface area (Å²) in [6.07, 6.45) is -1.21. The third-order valence-corrected chi connectivity index (χ3v) is 3.43. The van der Waals surface area contributed by atoms with Crippen molar-refractivity contribution in [1.29, 1.82) is 0 Å². The molecular formula is C15H19NO5. The Morgan fingerprint density at radius 1 is 1.29 bits per heavy atom. The highest BCUT2D eigenvalue weighted by Gasteiger charge is 2.36. The number of amides is 1. The SMILES string of the molecule is CC(CN(C)C(=O)C1Oc2ccccc2OC1C)C(=O)O. The van der Waals surface area contributed by atoms with Gasteiger partial charge in [-0.1, -0.05) is 19.1 Å². The first-order valence-corrected chi connectivity index (χ1v) is 6.80. The van der Waals surface area contributed by atoms with Gasteiger partial charge in [0.15, 0.2) is 11.5 Å². The zero-order valence-corrected chi connectivity index (χ0v) is 12.3. The van der Waals surface area contributed by atoms with E-state index >= 15 is 0 Å². The number of carbonyl (C=O) groups is 2. The van der Waals surface area contributed by atoms with E-state index in [4.69, 9.17) is 14.6 Å². The normalized spacial score (nSPS) is 21.5. The summed E-state index contributed by atoms with van der Waals surface area (Å²) in [6.45, 7) is 3.44. The first-order chi connectivity index (χ1) is 9.90. The summed E-state index contributed by atoms with van der Waals surface area (Å²) < 4.78 is 11.4. The molecule has 1 aromatic carbocycles. The van der Waals surface area contributed by atoms with Gasteiger partial charge in [-0.3, -0.25) is 9.59 Å². The van der Waals surface area contributed by atoms with Crippen molar-refractivity contribution in [3.8, 4) is 11.5 Å². The van der Waals surface area contributed by atoms with Crippen molar-refractivity contribution >= 4 is 11.9 Å². The number of nitrogens with zero attached hydrogens (tertiary/aromatic N) is 1. The van der Waals surface area contributed by atoms with Gasteiger partial charge in [0.2, 0.25) is 6.10 Å². The maximum Gasteiger partial charge on any atom is 0.308 e. The summed E-state index contributed by atoms with van der Waals surface area (Å²) in [7, 11) is 1.57. The number of benzene rings is 1. The standard InChI is InChI=1S/C15H19NO5/c1-9(15(18)19)8-16(3)14(17)13-10(2)20-11-6-4-5-7-12(11)21-13/h4-7,9-10,13H,8H2,1-3H3,(H,18,19). The molecule has 0 bridgehead atoms. The van der Waals surface area contributed by atoms with Gasteiger partial charge < -0.3 is 19.5 Å². The average molecular weight is 293 g/mol. The van der Waals surface area contributed by atoms with Crippen LogP contribution in [0.1, 0.15) is 13.8 Å². The molecule has 2 rings (SSSR count). The van der Waals surface area contributed by atoms with Crippen molar-refractivity contribution in [2.45, 2.75) is 26.1 Å². The Balaban J connectivity index is 2.08. The number of likely N-dealkylation sites (N-methyl/N-ethyl adjacent to an activating group) is 1. The van der Waals surface area contributed by atoms with Crippen LogP contribution in [0, 0.1) is 5.92 Å². The van der Waals surface area contributed by atoms with Crippen molar-refractivity contribution in [1.82, 2.24) is 4.90 Å². The third kappa shape index (κ3) is 3.26. The van der Waals surface area contributed by atoms with E-state index < -0.39 is 24.1 Å². The zero-order valence-electron chi connectivity index (χ0n) is 12.3. The van der Waals surface area contributed by atoms with Crippen LogP contribution in [0.2, 0.25) is 0 Å². The molecule has 21 heavy (non-hydrogen) atoms. The fraction of sp³-hybridized carbons (Fsp3) is 0.467. The van der Waals surface area contributed by atoms with Gasteiger partial charge in [-0.05, 0) is 19.1 Å². The van der Waals surface area contributed by atoms with Crippen LogP contribution < -0.4 is 9.47 Å². The molecule has 114 valence electrons. The van der Waals surface area contributed by atoms with Crippen molar-refractivity contribution in [3.63, 3.8) is 0 Å². The van der Waals surface area contributed by atoms with E-state index in [1.54, 1.807) is 39.1 Å². The number of carbonyl (C=O) groups excluding carboxylic acids is 1. The van der Waals surface area contributed by atoms with Crippen LogP contribution >= 0.6 is 0 Å². The van der Waals surface area contributed by atoms with E-state index in [0.29, 0.717) is 11.5 Å². The smallest absolute Gasteiger partial charge is 0.308 e. The molecule has 0 radical (unpaired) electrons. The van der Waals surface area contributed by atoms with Gasteiger partial charge in [0.1, 0.15) is 6.10 Å². The molecule has 0 aliphatic carbocycles. The number of fused-ring (bicyclic) bond motifs is 1. The van der Waals surface area contributed by atoms with Gasteiger partial charge in [0.25, 0.3) is 5.91 Å². The first kappa shape index (κ1) is 15.2. The minimum Gasteiger partial charge on any atom is -0.482 e. The fourth-order valence-corrected chi connectivity index (χ4v) is 2.19. The first-order valence-electron chi connectivity index (χ1n) is 6.80. The maximum absolute atomic E-state index is 12.4. The summed E-state index contributed by atoms with van der Waals surface area (Å²) in [5.41, 5.74) is 0. The van der Waals surface area contributed by atoms with Gasteiger partial charge in [0, 0.05) is 13.6 Å². The molecular weight excluding hydrogens is 274 g/mol.